The van der Waals surface area contributed by atoms with Gasteiger partial charge in [0.2, 0.25) is 11.7 Å². The quantitative estimate of drug-likeness (QED) is 0.825. The fourth-order valence-electron chi connectivity index (χ4n) is 1.59. The van der Waals surface area contributed by atoms with Crippen LogP contribution in [0.25, 0.3) is 0 Å². The molecule has 0 aliphatic rings. The van der Waals surface area contributed by atoms with E-state index >= 15 is 0 Å². The number of nitrogens with two attached hydrogens (primary N) is 1. The Morgan fingerprint density at radius 3 is 2.53 bits per heavy atom. The minimum absolute atomic E-state index is 0.113. The average molecular weight is 241 g/mol. The zero-order chi connectivity index (χ0) is 13.1. The van der Waals surface area contributed by atoms with E-state index in [-0.39, 0.29) is 11.6 Å². The molecule has 2 N–H and O–H groups in total. The zero-order valence-electron chi connectivity index (χ0n) is 11.4. The fourth-order valence-corrected chi connectivity index (χ4v) is 1.59. The van der Waals surface area contributed by atoms with Crippen LogP contribution in [0.15, 0.2) is 4.52 Å². The molecule has 1 aromatic rings. The summed E-state index contributed by atoms with van der Waals surface area (Å²) < 4.78 is 10.8. The van der Waals surface area contributed by atoms with Crippen LogP contribution in [-0.4, -0.2) is 22.3 Å². The molecule has 0 radical (unpaired) electrons. The SMILES string of the molecule is CCOC(c1noc(CC(C)(C)N)n1)C(C)C. The lowest BCUT2D eigenvalue weighted by Crippen LogP contribution is -2.34. The second-order valence-electron chi connectivity index (χ2n) is 5.33. The van der Waals surface area contributed by atoms with Crippen molar-refractivity contribution in [2.75, 3.05) is 6.61 Å². The molecule has 0 aliphatic heterocycles. The van der Waals surface area contributed by atoms with Crippen LogP contribution in [-0.2, 0) is 11.2 Å². The predicted molar refractivity (Wildman–Crippen MR) is 65.5 cm³/mol. The van der Waals surface area contributed by atoms with Crippen molar-refractivity contribution in [1.29, 1.82) is 0 Å². The van der Waals surface area contributed by atoms with E-state index in [1.54, 1.807) is 0 Å². The van der Waals surface area contributed by atoms with E-state index in [1.165, 1.54) is 0 Å². The molecule has 1 unspecified atom stereocenters. The number of nitrogens with zero attached hydrogens (tertiary/aromatic N) is 2. The van der Waals surface area contributed by atoms with Crippen LogP contribution in [0.2, 0.25) is 0 Å². The maximum atomic E-state index is 5.91. The van der Waals surface area contributed by atoms with Crippen LogP contribution in [0, 0.1) is 5.92 Å². The highest BCUT2D eigenvalue weighted by molar-refractivity contribution is 4.96. The van der Waals surface area contributed by atoms with Gasteiger partial charge in [-0.1, -0.05) is 19.0 Å². The molecule has 5 heteroatoms. The topological polar surface area (TPSA) is 74.2 Å². The van der Waals surface area contributed by atoms with Gasteiger partial charge in [-0.15, -0.1) is 0 Å². The van der Waals surface area contributed by atoms with Crippen LogP contribution < -0.4 is 5.73 Å². The van der Waals surface area contributed by atoms with Crippen LogP contribution in [0.1, 0.15) is 52.4 Å². The summed E-state index contributed by atoms with van der Waals surface area (Å²) in [6.45, 7) is 10.6. The van der Waals surface area contributed by atoms with Crippen molar-refractivity contribution in [2.24, 2.45) is 11.7 Å². The summed E-state index contributed by atoms with van der Waals surface area (Å²) in [5.74, 6) is 1.49. The van der Waals surface area contributed by atoms with Gasteiger partial charge in [0, 0.05) is 18.6 Å². The Morgan fingerprint density at radius 1 is 1.41 bits per heavy atom. The molecule has 1 rings (SSSR count). The van der Waals surface area contributed by atoms with Crippen molar-refractivity contribution in [3.8, 4) is 0 Å². The van der Waals surface area contributed by atoms with E-state index in [9.17, 15) is 0 Å². The lowest BCUT2D eigenvalue weighted by Gasteiger charge is -2.17. The van der Waals surface area contributed by atoms with Crippen molar-refractivity contribution in [2.45, 2.75) is 52.7 Å². The minimum atomic E-state index is -0.344. The molecule has 0 saturated heterocycles. The van der Waals surface area contributed by atoms with E-state index in [4.69, 9.17) is 15.0 Å². The second-order valence-corrected chi connectivity index (χ2v) is 5.33. The molecule has 0 amide bonds. The third-order valence-electron chi connectivity index (χ3n) is 2.30. The molecule has 17 heavy (non-hydrogen) atoms. The summed E-state index contributed by atoms with van der Waals surface area (Å²) >= 11 is 0. The van der Waals surface area contributed by atoms with Crippen LogP contribution >= 0.6 is 0 Å². The summed E-state index contributed by atoms with van der Waals surface area (Å²) in [7, 11) is 0. The molecule has 0 saturated carbocycles. The van der Waals surface area contributed by atoms with Gasteiger partial charge in [0.1, 0.15) is 6.10 Å². The lowest BCUT2D eigenvalue weighted by atomic mass is 10.0. The molecule has 0 fully saturated rings. The number of hydrogen-bond acceptors (Lipinski definition) is 5. The highest BCUT2D eigenvalue weighted by Gasteiger charge is 2.24. The first kappa shape index (κ1) is 14.1. The molecule has 5 nitrogen and oxygen atoms in total. The molecule has 1 atom stereocenters. The van der Waals surface area contributed by atoms with Gasteiger partial charge in [0.25, 0.3) is 0 Å². The van der Waals surface area contributed by atoms with Crippen molar-refractivity contribution >= 4 is 0 Å². The monoisotopic (exact) mass is 241 g/mol. The van der Waals surface area contributed by atoms with E-state index in [0.29, 0.717) is 30.7 Å². The largest absolute Gasteiger partial charge is 0.370 e. The first-order valence-corrected chi connectivity index (χ1v) is 6.06. The van der Waals surface area contributed by atoms with Gasteiger partial charge >= 0.3 is 0 Å². The summed E-state index contributed by atoms with van der Waals surface area (Å²) in [5, 5.41) is 3.97. The van der Waals surface area contributed by atoms with Crippen molar-refractivity contribution < 1.29 is 9.26 Å². The molecule has 1 aromatic heterocycles. The molecule has 98 valence electrons. The number of ether oxygens (including phenoxy) is 1. The molecule has 0 spiro atoms. The van der Waals surface area contributed by atoms with Crippen LogP contribution in [0.4, 0.5) is 0 Å². The van der Waals surface area contributed by atoms with Gasteiger partial charge in [-0.05, 0) is 26.7 Å². The van der Waals surface area contributed by atoms with Gasteiger partial charge in [-0.2, -0.15) is 4.98 Å². The smallest absolute Gasteiger partial charge is 0.228 e. The Hall–Kier alpha value is -0.940. The number of rotatable bonds is 6. The Labute approximate surface area is 103 Å². The first-order chi connectivity index (χ1) is 7.83. The van der Waals surface area contributed by atoms with Crippen molar-refractivity contribution in [3.63, 3.8) is 0 Å². The van der Waals surface area contributed by atoms with Crippen molar-refractivity contribution in [3.05, 3.63) is 11.7 Å². The van der Waals surface area contributed by atoms with E-state index in [2.05, 4.69) is 24.0 Å². The Kier molecular flexibility index (Phi) is 4.65. The maximum Gasteiger partial charge on any atom is 0.228 e. The molecule has 0 aliphatic carbocycles. The Bertz CT molecular complexity index is 342. The summed E-state index contributed by atoms with van der Waals surface area (Å²) in [4.78, 5) is 4.35. The van der Waals surface area contributed by atoms with Gasteiger partial charge in [-0.25, -0.2) is 0 Å². The number of hydrogen-bond donors (Lipinski definition) is 1. The van der Waals surface area contributed by atoms with Crippen molar-refractivity contribution in [1.82, 2.24) is 10.1 Å². The van der Waals surface area contributed by atoms with Gasteiger partial charge in [0.15, 0.2) is 0 Å². The predicted octanol–water partition coefficient (Wildman–Crippen LogP) is 2.08. The van der Waals surface area contributed by atoms with Gasteiger partial charge in [-0.3, -0.25) is 0 Å². The highest BCUT2D eigenvalue weighted by Crippen LogP contribution is 2.23. The van der Waals surface area contributed by atoms with E-state index in [0.717, 1.165) is 0 Å². The third kappa shape index (κ3) is 4.44. The average Bonchev–Trinajstić information content (AvgIpc) is 2.59. The van der Waals surface area contributed by atoms with Crippen LogP contribution in [0.5, 0.6) is 0 Å². The maximum absolute atomic E-state index is 5.91. The standard InChI is InChI=1S/C12H23N3O2/c1-6-16-10(8(2)3)11-14-9(17-15-11)7-12(4,5)13/h8,10H,6-7,13H2,1-5H3. The van der Waals surface area contributed by atoms with Gasteiger partial charge in [0.05, 0.1) is 0 Å². The van der Waals surface area contributed by atoms with E-state index in [1.807, 2.05) is 20.8 Å². The van der Waals surface area contributed by atoms with Crippen LogP contribution in [0.3, 0.4) is 0 Å². The molecule has 0 aromatic carbocycles. The van der Waals surface area contributed by atoms with Gasteiger partial charge < -0.3 is 15.0 Å². The minimum Gasteiger partial charge on any atom is -0.370 e. The summed E-state index contributed by atoms with van der Waals surface area (Å²) in [5.41, 5.74) is 5.57. The Morgan fingerprint density at radius 2 is 2.06 bits per heavy atom. The molecule has 0 bridgehead atoms. The van der Waals surface area contributed by atoms with E-state index < -0.39 is 0 Å². The zero-order valence-corrected chi connectivity index (χ0v) is 11.4. The fraction of sp³-hybridized carbons (Fsp3) is 0.833. The first-order valence-electron chi connectivity index (χ1n) is 6.06. The lowest BCUT2D eigenvalue weighted by molar-refractivity contribution is 0.0217. The number of aromatic nitrogens is 2. The second kappa shape index (κ2) is 5.60. The normalized spacial score (nSPS) is 14.3. The Balaban J connectivity index is 2.78. The summed E-state index contributed by atoms with van der Waals surface area (Å²) in [6.07, 6.45) is 0.454. The molecular weight excluding hydrogens is 218 g/mol. The molecular formula is C12H23N3O2. The highest BCUT2D eigenvalue weighted by atomic mass is 16.5. The summed E-state index contributed by atoms with van der Waals surface area (Å²) in [6, 6.07) is 0. The molecule has 1 heterocycles. The third-order valence-corrected chi connectivity index (χ3v) is 2.30.